The van der Waals surface area contributed by atoms with Crippen LogP contribution in [-0.2, 0) is 11.2 Å². The van der Waals surface area contributed by atoms with E-state index >= 15 is 0 Å². The van der Waals surface area contributed by atoms with E-state index < -0.39 is 24.0 Å². The van der Waals surface area contributed by atoms with Crippen molar-refractivity contribution >= 4 is 28.7 Å². The van der Waals surface area contributed by atoms with E-state index in [9.17, 15) is 19.5 Å². The Morgan fingerprint density at radius 2 is 1.59 bits per heavy atom. The van der Waals surface area contributed by atoms with E-state index in [0.717, 1.165) is 17.4 Å². The number of hydrogen-bond acceptors (Lipinski definition) is 5. The zero-order valence-corrected chi connectivity index (χ0v) is 24.5. The molecule has 0 fully saturated rings. The van der Waals surface area contributed by atoms with Gasteiger partial charge in [-0.25, -0.2) is 9.78 Å². The van der Waals surface area contributed by atoms with Crippen LogP contribution in [0.25, 0.3) is 10.9 Å². The lowest BCUT2D eigenvalue weighted by molar-refractivity contribution is -0.121. The number of aliphatic hydroxyl groups excluding tert-OH is 1. The maximum atomic E-state index is 13.3. The molecule has 3 aromatic rings. The first-order valence-corrected chi connectivity index (χ1v) is 14.4. The molecule has 0 spiro atoms. The van der Waals surface area contributed by atoms with Crippen molar-refractivity contribution in [2.45, 2.75) is 52.7 Å². The maximum absolute atomic E-state index is 13.3. The zero-order chi connectivity index (χ0) is 29.8. The van der Waals surface area contributed by atoms with Gasteiger partial charge in [0.15, 0.2) is 0 Å². The molecular weight excluding hydrogens is 518 g/mol. The van der Waals surface area contributed by atoms with Gasteiger partial charge >= 0.3 is 6.03 Å². The molecule has 1 heterocycles. The Morgan fingerprint density at radius 3 is 2.27 bits per heavy atom. The molecule has 2 aromatic carbocycles. The third-order valence-corrected chi connectivity index (χ3v) is 7.04. The van der Waals surface area contributed by atoms with Crippen LogP contribution in [0, 0.1) is 5.92 Å². The minimum atomic E-state index is -1.02. The number of carbonyl (C=O) groups excluding carboxylic acids is 3. The first kappa shape index (κ1) is 31.5. The third kappa shape index (κ3) is 9.56. The third-order valence-electron chi connectivity index (χ3n) is 7.04. The highest BCUT2D eigenvalue weighted by molar-refractivity contribution is 5.96. The molecule has 2 atom stereocenters. The van der Waals surface area contributed by atoms with Gasteiger partial charge in [0.1, 0.15) is 5.69 Å². The Balaban J connectivity index is 1.70. The molecule has 0 bridgehead atoms. The normalized spacial score (nSPS) is 12.5. The number of hydrogen-bond donors (Lipinski definition) is 3. The quantitative estimate of drug-likeness (QED) is 0.277. The second kappa shape index (κ2) is 15.7. The molecule has 0 aliphatic carbocycles. The molecule has 0 saturated carbocycles. The van der Waals surface area contributed by atoms with Crippen LogP contribution >= 0.6 is 0 Å². The molecule has 3 N–H and O–H groups in total. The maximum Gasteiger partial charge on any atom is 0.320 e. The smallest absolute Gasteiger partial charge is 0.320 e. The SMILES string of the molecule is CCN(CC)C(=O)N(CCC(C)C)C[C@@H](O)[C@H](Cc1ccccc1)NC(=O)CNC(=O)c1ccc2ccccc2n1. The summed E-state index contributed by atoms with van der Waals surface area (Å²) in [7, 11) is 0. The molecule has 9 nitrogen and oxygen atoms in total. The minimum Gasteiger partial charge on any atom is -0.389 e. The van der Waals surface area contributed by atoms with Crippen molar-refractivity contribution in [3.05, 3.63) is 78.0 Å². The van der Waals surface area contributed by atoms with Gasteiger partial charge < -0.3 is 25.5 Å². The highest BCUT2D eigenvalue weighted by Gasteiger charge is 2.28. The zero-order valence-electron chi connectivity index (χ0n) is 24.5. The van der Waals surface area contributed by atoms with Crippen molar-refractivity contribution in [1.82, 2.24) is 25.4 Å². The Labute approximate surface area is 242 Å². The molecule has 9 heteroatoms. The summed E-state index contributed by atoms with van der Waals surface area (Å²) in [5.41, 5.74) is 1.84. The van der Waals surface area contributed by atoms with Gasteiger partial charge in [0.05, 0.1) is 30.8 Å². The summed E-state index contributed by atoms with van der Waals surface area (Å²) in [5.74, 6) is -0.515. The van der Waals surface area contributed by atoms with Gasteiger partial charge in [-0.2, -0.15) is 0 Å². The number of nitrogens with one attached hydrogen (secondary N) is 2. The molecule has 220 valence electrons. The Morgan fingerprint density at radius 1 is 0.902 bits per heavy atom. The molecule has 0 aliphatic heterocycles. The second-order valence-electron chi connectivity index (χ2n) is 10.6. The van der Waals surface area contributed by atoms with E-state index in [1.165, 1.54) is 0 Å². The summed E-state index contributed by atoms with van der Waals surface area (Å²) in [6, 6.07) is 19.7. The first-order chi connectivity index (χ1) is 19.7. The lowest BCUT2D eigenvalue weighted by atomic mass is 10.0. The van der Waals surface area contributed by atoms with Crippen LogP contribution in [0.5, 0.6) is 0 Å². The van der Waals surface area contributed by atoms with Crippen LogP contribution in [0.1, 0.15) is 50.2 Å². The number of urea groups is 1. The lowest BCUT2D eigenvalue weighted by Gasteiger charge is -2.34. The number of fused-ring (bicyclic) bond motifs is 1. The van der Waals surface area contributed by atoms with Gasteiger partial charge in [0.2, 0.25) is 5.91 Å². The summed E-state index contributed by atoms with van der Waals surface area (Å²) in [4.78, 5) is 46.7. The van der Waals surface area contributed by atoms with E-state index in [2.05, 4.69) is 29.5 Å². The van der Waals surface area contributed by atoms with Crippen molar-refractivity contribution in [3.63, 3.8) is 0 Å². The molecule has 4 amide bonds. The Kier molecular flexibility index (Phi) is 12.1. The van der Waals surface area contributed by atoms with Crippen LogP contribution in [0.15, 0.2) is 66.7 Å². The number of aromatic nitrogens is 1. The molecule has 41 heavy (non-hydrogen) atoms. The van der Waals surface area contributed by atoms with Gasteiger partial charge in [0, 0.05) is 25.0 Å². The molecule has 0 radical (unpaired) electrons. The largest absolute Gasteiger partial charge is 0.389 e. The van der Waals surface area contributed by atoms with Gasteiger partial charge in [-0.1, -0.05) is 68.4 Å². The van der Waals surface area contributed by atoms with Crippen molar-refractivity contribution in [2.75, 3.05) is 32.7 Å². The number of amides is 4. The van der Waals surface area contributed by atoms with Crippen molar-refractivity contribution < 1.29 is 19.5 Å². The molecule has 3 rings (SSSR count). The fourth-order valence-corrected chi connectivity index (χ4v) is 4.58. The van der Waals surface area contributed by atoms with Crippen LogP contribution in [0.2, 0.25) is 0 Å². The van der Waals surface area contributed by atoms with E-state index in [1.807, 2.05) is 74.5 Å². The average Bonchev–Trinajstić information content (AvgIpc) is 2.98. The molecule has 0 aliphatic rings. The van der Waals surface area contributed by atoms with Crippen LogP contribution < -0.4 is 10.6 Å². The lowest BCUT2D eigenvalue weighted by Crippen LogP contribution is -2.54. The highest BCUT2D eigenvalue weighted by atomic mass is 16.3. The molecular formula is C32H43N5O4. The molecule has 0 saturated heterocycles. The monoisotopic (exact) mass is 561 g/mol. The Bertz CT molecular complexity index is 1280. The number of nitrogens with zero attached hydrogens (tertiary/aromatic N) is 3. The minimum absolute atomic E-state index is 0.0766. The van der Waals surface area contributed by atoms with Crippen LogP contribution in [0.3, 0.4) is 0 Å². The summed E-state index contributed by atoms with van der Waals surface area (Å²) >= 11 is 0. The van der Waals surface area contributed by atoms with Crippen molar-refractivity contribution in [2.24, 2.45) is 5.92 Å². The first-order valence-electron chi connectivity index (χ1n) is 14.4. The number of rotatable bonds is 14. The molecule has 0 unspecified atom stereocenters. The number of carbonyl (C=O) groups is 3. The number of para-hydroxylation sites is 1. The van der Waals surface area contributed by atoms with Crippen LogP contribution in [0.4, 0.5) is 4.79 Å². The van der Waals surface area contributed by atoms with E-state index in [0.29, 0.717) is 37.5 Å². The van der Waals surface area contributed by atoms with Gasteiger partial charge in [0.25, 0.3) is 5.91 Å². The average molecular weight is 562 g/mol. The van der Waals surface area contributed by atoms with Crippen molar-refractivity contribution in [1.29, 1.82) is 0 Å². The summed E-state index contributed by atoms with van der Waals surface area (Å²) in [5, 5.41) is 17.8. The predicted molar refractivity (Wildman–Crippen MR) is 162 cm³/mol. The Hall–Kier alpha value is -3.98. The number of aliphatic hydroxyl groups is 1. The molecule has 1 aromatic heterocycles. The fourth-order valence-electron chi connectivity index (χ4n) is 4.58. The van der Waals surface area contributed by atoms with E-state index in [1.54, 1.807) is 15.9 Å². The highest BCUT2D eigenvalue weighted by Crippen LogP contribution is 2.13. The van der Waals surface area contributed by atoms with E-state index in [4.69, 9.17) is 0 Å². The van der Waals surface area contributed by atoms with Gasteiger partial charge in [-0.05, 0) is 50.3 Å². The van der Waals surface area contributed by atoms with E-state index in [-0.39, 0.29) is 24.8 Å². The summed E-state index contributed by atoms with van der Waals surface area (Å²) in [6.45, 7) is 9.49. The van der Waals surface area contributed by atoms with Crippen molar-refractivity contribution in [3.8, 4) is 0 Å². The topological polar surface area (TPSA) is 115 Å². The standard InChI is InChI=1S/C32H43N5O4/c1-5-36(6-2)32(41)37(19-18-23(3)4)22-29(38)28(20-24-12-8-7-9-13-24)35-30(39)21-33-31(40)27-17-16-25-14-10-11-15-26(25)34-27/h7-17,23,28-29,38H,5-6,18-22H2,1-4H3,(H,33,40)(H,35,39)/t28-,29+/m0/s1. The summed E-state index contributed by atoms with van der Waals surface area (Å²) in [6.07, 6.45) is 0.138. The predicted octanol–water partition coefficient (Wildman–Crippen LogP) is 3.86. The number of pyridine rings is 1. The van der Waals surface area contributed by atoms with Gasteiger partial charge in [-0.3, -0.25) is 9.59 Å². The van der Waals surface area contributed by atoms with Gasteiger partial charge in [-0.15, -0.1) is 0 Å². The summed E-state index contributed by atoms with van der Waals surface area (Å²) < 4.78 is 0. The van der Waals surface area contributed by atoms with Crippen LogP contribution in [-0.4, -0.2) is 82.6 Å². The fraction of sp³-hybridized carbons (Fsp3) is 0.438. The second-order valence-corrected chi connectivity index (χ2v) is 10.6. The number of benzene rings is 2.